The van der Waals surface area contributed by atoms with E-state index in [0.29, 0.717) is 33.3 Å². The van der Waals surface area contributed by atoms with E-state index in [2.05, 4.69) is 4.98 Å². The van der Waals surface area contributed by atoms with Gasteiger partial charge >= 0.3 is 0 Å². The highest BCUT2D eigenvalue weighted by Crippen LogP contribution is 2.43. The predicted octanol–water partition coefficient (Wildman–Crippen LogP) is 5.25. The summed E-state index contributed by atoms with van der Waals surface area (Å²) in [6, 6.07) is 13.6. The largest absolute Gasteiger partial charge is 0.493 e. The third-order valence-electron chi connectivity index (χ3n) is 4.96. The van der Waals surface area contributed by atoms with Gasteiger partial charge in [0.2, 0.25) is 12.5 Å². The van der Waals surface area contributed by atoms with Gasteiger partial charge in [-0.15, -0.1) is 23.1 Å². The zero-order chi connectivity index (χ0) is 21.4. The van der Waals surface area contributed by atoms with Gasteiger partial charge in [-0.2, -0.15) is 0 Å². The molecule has 0 saturated heterocycles. The Kier molecular flexibility index (Phi) is 5.17. The molecular formula is C23H18N2O4S2. The number of hydrogen-bond acceptors (Lipinski definition) is 7. The third kappa shape index (κ3) is 3.58. The van der Waals surface area contributed by atoms with Gasteiger partial charge in [0.25, 0.3) is 5.56 Å². The van der Waals surface area contributed by atoms with Crippen LogP contribution in [0.2, 0.25) is 0 Å². The Balaban J connectivity index is 1.59. The first-order valence-corrected chi connectivity index (χ1v) is 11.6. The summed E-state index contributed by atoms with van der Waals surface area (Å²) in [6.07, 6.45) is 3.90. The van der Waals surface area contributed by atoms with Crippen LogP contribution in [0.25, 0.3) is 32.3 Å². The molecule has 8 heteroatoms. The van der Waals surface area contributed by atoms with Crippen molar-refractivity contribution in [1.29, 1.82) is 0 Å². The number of methoxy groups -OCH3 is 1. The van der Waals surface area contributed by atoms with Crippen LogP contribution in [0.1, 0.15) is 11.4 Å². The minimum Gasteiger partial charge on any atom is -0.493 e. The van der Waals surface area contributed by atoms with Crippen LogP contribution in [-0.2, 0) is 0 Å². The number of nitrogens with zero attached hydrogens (tertiary/aromatic N) is 1. The molecule has 2 aromatic carbocycles. The summed E-state index contributed by atoms with van der Waals surface area (Å²) in [5.74, 6) is 2.37. The second-order valence-electron chi connectivity index (χ2n) is 6.78. The summed E-state index contributed by atoms with van der Waals surface area (Å²) < 4.78 is 16.4. The highest BCUT2D eigenvalue weighted by atomic mass is 32.2. The maximum Gasteiger partial charge on any atom is 0.260 e. The van der Waals surface area contributed by atoms with Gasteiger partial charge in [0, 0.05) is 10.9 Å². The first kappa shape index (κ1) is 19.7. The Hall–Kier alpha value is -3.23. The van der Waals surface area contributed by atoms with E-state index in [9.17, 15) is 4.79 Å². The predicted molar refractivity (Wildman–Crippen MR) is 126 cm³/mol. The molecule has 0 unspecified atom stereocenters. The summed E-state index contributed by atoms with van der Waals surface area (Å²) in [7, 11) is 1.59. The molecule has 4 aromatic rings. The van der Waals surface area contributed by atoms with E-state index < -0.39 is 0 Å². The number of ether oxygens (including phenoxy) is 3. The molecule has 1 aliphatic rings. The molecule has 0 radical (unpaired) electrons. The average molecular weight is 451 g/mol. The van der Waals surface area contributed by atoms with Crippen LogP contribution in [0.5, 0.6) is 17.2 Å². The zero-order valence-electron chi connectivity index (χ0n) is 16.8. The maximum atomic E-state index is 13.0. The van der Waals surface area contributed by atoms with E-state index >= 15 is 0 Å². The van der Waals surface area contributed by atoms with Crippen LogP contribution in [-0.4, -0.2) is 30.1 Å². The minimum atomic E-state index is -0.150. The van der Waals surface area contributed by atoms with Crippen molar-refractivity contribution in [2.45, 2.75) is 0 Å². The van der Waals surface area contributed by atoms with Gasteiger partial charge in [0.1, 0.15) is 10.7 Å². The van der Waals surface area contributed by atoms with Crippen molar-refractivity contribution in [2.75, 3.05) is 20.2 Å². The molecule has 1 aliphatic heterocycles. The van der Waals surface area contributed by atoms with Crippen molar-refractivity contribution in [1.82, 2.24) is 9.97 Å². The van der Waals surface area contributed by atoms with Gasteiger partial charge in [0.15, 0.2) is 11.5 Å². The summed E-state index contributed by atoms with van der Waals surface area (Å²) >= 11 is 2.97. The zero-order valence-corrected chi connectivity index (χ0v) is 18.4. The number of aromatic nitrogens is 2. The number of fused-ring (bicyclic) bond motifs is 2. The first-order chi connectivity index (χ1) is 15.2. The fourth-order valence-electron chi connectivity index (χ4n) is 3.50. The van der Waals surface area contributed by atoms with Crippen LogP contribution in [0.4, 0.5) is 0 Å². The first-order valence-electron chi connectivity index (χ1n) is 9.48. The number of H-pyrrole nitrogens is 1. The molecule has 0 saturated carbocycles. The van der Waals surface area contributed by atoms with Crippen molar-refractivity contribution in [3.05, 3.63) is 69.6 Å². The Morgan fingerprint density at radius 2 is 2.10 bits per heavy atom. The van der Waals surface area contributed by atoms with Gasteiger partial charge in [0.05, 0.1) is 17.4 Å². The number of thiophene rings is 1. The Morgan fingerprint density at radius 1 is 1.26 bits per heavy atom. The fourth-order valence-corrected chi connectivity index (χ4v) is 5.00. The number of thioether (sulfide) groups is 1. The lowest BCUT2D eigenvalue weighted by Gasteiger charge is -2.08. The molecular weight excluding hydrogens is 432 g/mol. The summed E-state index contributed by atoms with van der Waals surface area (Å²) in [5, 5.41) is 2.60. The van der Waals surface area contributed by atoms with Crippen LogP contribution in [0, 0.1) is 0 Å². The number of rotatable bonds is 5. The molecule has 0 aliphatic carbocycles. The lowest BCUT2D eigenvalue weighted by atomic mass is 10.1. The molecule has 156 valence electrons. The molecule has 6 nitrogen and oxygen atoms in total. The molecule has 0 atom stereocenters. The smallest absolute Gasteiger partial charge is 0.260 e. The molecule has 0 spiro atoms. The van der Waals surface area contributed by atoms with E-state index in [1.54, 1.807) is 7.11 Å². The second kappa shape index (κ2) is 8.13. The normalized spacial score (nSPS) is 13.0. The van der Waals surface area contributed by atoms with Crippen LogP contribution in [0.15, 0.2) is 52.6 Å². The van der Waals surface area contributed by atoms with Crippen molar-refractivity contribution in [2.24, 2.45) is 0 Å². The van der Waals surface area contributed by atoms with Crippen LogP contribution >= 0.6 is 23.1 Å². The van der Waals surface area contributed by atoms with Crippen molar-refractivity contribution in [3.8, 4) is 28.4 Å². The highest BCUT2D eigenvalue weighted by Gasteiger charge is 2.20. The van der Waals surface area contributed by atoms with Crippen molar-refractivity contribution < 1.29 is 14.2 Å². The molecule has 31 heavy (non-hydrogen) atoms. The number of nitrogens with one attached hydrogen (secondary N) is 1. The van der Waals surface area contributed by atoms with Gasteiger partial charge in [-0.1, -0.05) is 30.3 Å². The van der Waals surface area contributed by atoms with Crippen molar-refractivity contribution >= 4 is 44.3 Å². The topological polar surface area (TPSA) is 73.4 Å². The summed E-state index contributed by atoms with van der Waals surface area (Å²) in [4.78, 5) is 22.3. The Morgan fingerprint density at radius 3 is 2.87 bits per heavy atom. The Bertz CT molecular complexity index is 1360. The van der Waals surface area contributed by atoms with E-state index in [4.69, 9.17) is 19.2 Å². The maximum absolute atomic E-state index is 13.0. The number of aromatic amines is 1. The SMILES string of the molecule is COc1cc(/C=C(\SC)c2nc3scc(-c4ccccc4)c3c(=O)[nH]2)cc2c1OCO2. The molecule has 0 amide bonds. The van der Waals surface area contributed by atoms with Gasteiger partial charge < -0.3 is 19.2 Å². The van der Waals surface area contributed by atoms with Gasteiger partial charge in [-0.05, 0) is 35.6 Å². The van der Waals surface area contributed by atoms with Crippen LogP contribution < -0.4 is 19.8 Å². The monoisotopic (exact) mass is 450 g/mol. The molecule has 1 N–H and O–H groups in total. The summed E-state index contributed by atoms with van der Waals surface area (Å²) in [6.45, 7) is 0.169. The number of hydrogen-bond donors (Lipinski definition) is 1. The molecule has 5 rings (SSSR count). The van der Waals surface area contributed by atoms with Crippen LogP contribution in [0.3, 0.4) is 0 Å². The third-order valence-corrected chi connectivity index (χ3v) is 6.58. The minimum absolute atomic E-state index is 0.150. The van der Waals surface area contributed by atoms with Gasteiger partial charge in [-0.25, -0.2) is 4.98 Å². The molecule has 2 aromatic heterocycles. The fraction of sp³-hybridized carbons (Fsp3) is 0.130. The standard InChI is InChI=1S/C23H18N2O4S2/c1-27-16-8-13(9-17-20(16)29-12-28-17)10-18(30-2)21-24-22(26)19-15(11-31-23(19)25-21)14-6-4-3-5-7-14/h3-11H,12H2,1-2H3,(H,24,25,26)/b18-10-. The van der Waals surface area contributed by atoms with E-state index in [0.717, 1.165) is 21.6 Å². The molecule has 3 heterocycles. The van der Waals surface area contributed by atoms with E-state index in [1.165, 1.54) is 23.1 Å². The summed E-state index contributed by atoms with van der Waals surface area (Å²) in [5.41, 5.74) is 2.62. The quantitative estimate of drug-likeness (QED) is 0.448. The average Bonchev–Trinajstić information content (AvgIpc) is 3.44. The van der Waals surface area contributed by atoms with E-state index in [-0.39, 0.29) is 12.4 Å². The highest BCUT2D eigenvalue weighted by molar-refractivity contribution is 8.07. The van der Waals surface area contributed by atoms with E-state index in [1.807, 2.05) is 60.2 Å². The lowest BCUT2D eigenvalue weighted by Crippen LogP contribution is -2.10. The Labute approximate surface area is 186 Å². The molecule has 0 bridgehead atoms. The molecule has 0 fully saturated rings. The lowest BCUT2D eigenvalue weighted by molar-refractivity contribution is 0.171. The van der Waals surface area contributed by atoms with Gasteiger partial charge in [-0.3, -0.25) is 4.79 Å². The second-order valence-corrected chi connectivity index (χ2v) is 8.49. The number of benzene rings is 2. The van der Waals surface area contributed by atoms with Crippen molar-refractivity contribution in [3.63, 3.8) is 0 Å².